The maximum atomic E-state index is 13.6. The van der Waals surface area contributed by atoms with E-state index in [2.05, 4.69) is 10.2 Å². The number of aromatic hydroxyl groups is 1. The Morgan fingerprint density at radius 1 is 1.11 bits per heavy atom. The van der Waals surface area contributed by atoms with Crippen LogP contribution in [0.25, 0.3) is 10.8 Å². The summed E-state index contributed by atoms with van der Waals surface area (Å²) in [6.45, 7) is 0. The Kier molecular flexibility index (Phi) is 4.92. The fourth-order valence-corrected chi connectivity index (χ4v) is 3.22. The second kappa shape index (κ2) is 7.19. The zero-order valence-corrected chi connectivity index (χ0v) is 15.1. The van der Waals surface area contributed by atoms with Crippen molar-refractivity contribution in [2.45, 2.75) is 4.90 Å². The van der Waals surface area contributed by atoms with Gasteiger partial charge in [0, 0.05) is 17.5 Å². The molecule has 0 radical (unpaired) electrons. The van der Waals surface area contributed by atoms with Gasteiger partial charge in [0.1, 0.15) is 22.1 Å². The highest BCUT2D eigenvalue weighted by Gasteiger charge is 2.22. The standard InChI is InChI=1S/C17H12FN3O6S/c1-27-15-4-2-3-11-14(22)8-7-13(17(11)15)20-19-12-6-5-10(21(23)24)9-16(12)28(18,25)26/h2-9,22H,1H3. The van der Waals surface area contributed by atoms with Gasteiger partial charge in [0.25, 0.3) is 5.69 Å². The zero-order valence-electron chi connectivity index (χ0n) is 14.2. The molecule has 144 valence electrons. The molecule has 0 spiro atoms. The predicted molar refractivity (Wildman–Crippen MR) is 97.7 cm³/mol. The van der Waals surface area contributed by atoms with Crippen molar-refractivity contribution in [3.8, 4) is 11.5 Å². The highest BCUT2D eigenvalue weighted by Crippen LogP contribution is 2.40. The first-order valence-electron chi connectivity index (χ1n) is 7.66. The molecule has 0 amide bonds. The normalized spacial score (nSPS) is 11.8. The van der Waals surface area contributed by atoms with Crippen LogP contribution < -0.4 is 4.74 Å². The molecule has 0 saturated carbocycles. The topological polar surface area (TPSA) is 131 Å². The van der Waals surface area contributed by atoms with Gasteiger partial charge in [0.2, 0.25) is 0 Å². The number of nitro benzene ring substituents is 1. The number of halogens is 1. The van der Waals surface area contributed by atoms with E-state index in [1.54, 1.807) is 18.2 Å². The summed E-state index contributed by atoms with van der Waals surface area (Å²) in [5.41, 5.74) is -0.804. The van der Waals surface area contributed by atoms with E-state index in [1.165, 1.54) is 19.2 Å². The highest BCUT2D eigenvalue weighted by molar-refractivity contribution is 7.86. The zero-order chi connectivity index (χ0) is 20.5. The molecule has 3 aromatic rings. The number of nitrogens with zero attached hydrogens (tertiary/aromatic N) is 3. The van der Waals surface area contributed by atoms with Gasteiger partial charge in [-0.3, -0.25) is 10.1 Å². The number of hydrogen-bond acceptors (Lipinski definition) is 8. The summed E-state index contributed by atoms with van der Waals surface area (Å²) in [5, 5.41) is 29.3. The molecule has 9 nitrogen and oxygen atoms in total. The fraction of sp³-hybridized carbons (Fsp3) is 0.0588. The minimum absolute atomic E-state index is 0.0322. The molecule has 0 atom stereocenters. The number of non-ortho nitro benzene ring substituents is 1. The van der Waals surface area contributed by atoms with Crippen LogP contribution in [0.15, 0.2) is 63.7 Å². The summed E-state index contributed by atoms with van der Waals surface area (Å²) in [5.74, 6) is 0.347. The number of phenolic OH excluding ortho intramolecular Hbond substituents is 1. The molecule has 0 fully saturated rings. The predicted octanol–water partition coefficient (Wildman–Crippen LogP) is 4.54. The molecular weight excluding hydrogens is 393 g/mol. The SMILES string of the molecule is COc1cccc2c(O)ccc(N=Nc3ccc([N+](=O)[O-])cc3S(=O)(=O)F)c12. The Morgan fingerprint density at radius 2 is 1.79 bits per heavy atom. The van der Waals surface area contributed by atoms with E-state index in [9.17, 15) is 27.5 Å². The van der Waals surface area contributed by atoms with Crippen LogP contribution in [0.3, 0.4) is 0 Å². The largest absolute Gasteiger partial charge is 0.507 e. The van der Waals surface area contributed by atoms with Crippen LogP contribution in [0.5, 0.6) is 11.5 Å². The van der Waals surface area contributed by atoms with Gasteiger partial charge in [-0.1, -0.05) is 12.1 Å². The summed E-state index contributed by atoms with van der Waals surface area (Å²) < 4.78 is 41.5. The van der Waals surface area contributed by atoms with E-state index in [1.807, 2.05) is 0 Å². The van der Waals surface area contributed by atoms with E-state index in [4.69, 9.17) is 4.74 Å². The van der Waals surface area contributed by atoms with E-state index in [0.717, 1.165) is 12.1 Å². The monoisotopic (exact) mass is 405 g/mol. The lowest BCUT2D eigenvalue weighted by molar-refractivity contribution is -0.385. The van der Waals surface area contributed by atoms with Crippen molar-refractivity contribution in [1.29, 1.82) is 0 Å². The molecule has 11 heteroatoms. The molecular formula is C17H12FN3O6S. The third kappa shape index (κ3) is 3.60. The molecule has 0 saturated heterocycles. The molecule has 1 N–H and O–H groups in total. The Bertz CT molecular complexity index is 1230. The summed E-state index contributed by atoms with van der Waals surface area (Å²) >= 11 is 0. The first-order chi connectivity index (χ1) is 13.2. The van der Waals surface area contributed by atoms with Crippen LogP contribution in [0.2, 0.25) is 0 Å². The third-order valence-electron chi connectivity index (χ3n) is 3.86. The minimum atomic E-state index is -5.28. The van der Waals surface area contributed by atoms with Gasteiger partial charge in [0.05, 0.1) is 23.1 Å². The quantitative estimate of drug-likeness (QED) is 0.287. The average Bonchev–Trinajstić information content (AvgIpc) is 2.66. The van der Waals surface area contributed by atoms with E-state index in [0.29, 0.717) is 22.6 Å². The molecule has 0 aliphatic heterocycles. The van der Waals surface area contributed by atoms with Crippen molar-refractivity contribution in [2.75, 3.05) is 7.11 Å². The molecule has 0 unspecified atom stereocenters. The summed E-state index contributed by atoms with van der Waals surface area (Å²) in [7, 11) is -3.86. The lowest BCUT2D eigenvalue weighted by atomic mass is 10.1. The molecule has 3 aromatic carbocycles. The summed E-state index contributed by atoms with van der Waals surface area (Å²) in [6.07, 6.45) is 0. The second-order valence-corrected chi connectivity index (χ2v) is 6.85. The molecule has 0 aliphatic rings. The molecule has 0 aromatic heterocycles. The number of azo groups is 1. The van der Waals surface area contributed by atoms with Crippen molar-refractivity contribution < 1.29 is 27.1 Å². The maximum Gasteiger partial charge on any atom is 0.334 e. The molecule has 0 heterocycles. The molecule has 0 bridgehead atoms. The van der Waals surface area contributed by atoms with Crippen LogP contribution in [-0.4, -0.2) is 25.6 Å². The van der Waals surface area contributed by atoms with Gasteiger partial charge in [0.15, 0.2) is 0 Å². The van der Waals surface area contributed by atoms with E-state index >= 15 is 0 Å². The van der Waals surface area contributed by atoms with Gasteiger partial charge in [-0.15, -0.1) is 14.1 Å². The highest BCUT2D eigenvalue weighted by atomic mass is 32.3. The third-order valence-corrected chi connectivity index (χ3v) is 4.71. The summed E-state index contributed by atoms with van der Waals surface area (Å²) in [4.78, 5) is 8.99. The van der Waals surface area contributed by atoms with Crippen molar-refractivity contribution in [2.24, 2.45) is 10.2 Å². The second-order valence-electron chi connectivity index (χ2n) is 5.53. The number of nitro groups is 1. The number of ether oxygens (including phenoxy) is 1. The minimum Gasteiger partial charge on any atom is -0.507 e. The van der Waals surface area contributed by atoms with Crippen LogP contribution in [0, 0.1) is 10.1 Å². The first kappa shape index (κ1) is 19.2. The van der Waals surface area contributed by atoms with Crippen LogP contribution in [0.4, 0.5) is 20.9 Å². The van der Waals surface area contributed by atoms with Gasteiger partial charge in [-0.25, -0.2) is 0 Å². The number of hydrogen-bond donors (Lipinski definition) is 1. The van der Waals surface area contributed by atoms with Gasteiger partial charge < -0.3 is 9.84 Å². The summed E-state index contributed by atoms with van der Waals surface area (Å²) in [6, 6.07) is 10.2. The Morgan fingerprint density at radius 3 is 2.43 bits per heavy atom. The van der Waals surface area contributed by atoms with Crippen LogP contribution >= 0.6 is 0 Å². The number of benzene rings is 3. The van der Waals surface area contributed by atoms with Crippen LogP contribution in [-0.2, 0) is 10.2 Å². The van der Waals surface area contributed by atoms with Gasteiger partial charge in [-0.2, -0.15) is 8.42 Å². The van der Waals surface area contributed by atoms with Gasteiger partial charge in [-0.05, 0) is 24.3 Å². The average molecular weight is 405 g/mol. The number of rotatable bonds is 5. The number of phenols is 1. The lowest BCUT2D eigenvalue weighted by Gasteiger charge is -2.09. The molecule has 28 heavy (non-hydrogen) atoms. The molecule has 3 rings (SSSR count). The van der Waals surface area contributed by atoms with Crippen molar-refractivity contribution >= 4 is 38.1 Å². The van der Waals surface area contributed by atoms with E-state index < -0.39 is 31.4 Å². The van der Waals surface area contributed by atoms with E-state index in [-0.39, 0.29) is 11.4 Å². The first-order valence-corrected chi connectivity index (χ1v) is 9.04. The Hall–Kier alpha value is -3.60. The number of methoxy groups -OCH3 is 1. The fourth-order valence-electron chi connectivity index (χ4n) is 2.60. The number of fused-ring (bicyclic) bond motifs is 1. The smallest absolute Gasteiger partial charge is 0.334 e. The Balaban J connectivity index is 2.18. The van der Waals surface area contributed by atoms with Crippen molar-refractivity contribution in [3.05, 3.63) is 58.6 Å². The Labute approximate surface area is 158 Å². The molecule has 0 aliphatic carbocycles. The lowest BCUT2D eigenvalue weighted by Crippen LogP contribution is -1.95. The van der Waals surface area contributed by atoms with Crippen molar-refractivity contribution in [1.82, 2.24) is 0 Å². The van der Waals surface area contributed by atoms with Crippen LogP contribution in [0.1, 0.15) is 0 Å². The maximum absolute atomic E-state index is 13.6. The van der Waals surface area contributed by atoms with Crippen molar-refractivity contribution in [3.63, 3.8) is 0 Å². The van der Waals surface area contributed by atoms with Gasteiger partial charge >= 0.3 is 10.2 Å².